The molecule has 0 aliphatic rings. The van der Waals surface area contributed by atoms with E-state index in [0.717, 1.165) is 25.7 Å². The highest BCUT2D eigenvalue weighted by molar-refractivity contribution is 5.69. The van der Waals surface area contributed by atoms with Crippen LogP contribution in [0.3, 0.4) is 0 Å². The molecule has 0 saturated carbocycles. The molecule has 2 nitrogen and oxygen atoms in total. The maximum Gasteiger partial charge on any atom is 0.306 e. The van der Waals surface area contributed by atoms with Crippen molar-refractivity contribution in [1.29, 1.82) is 0 Å². The van der Waals surface area contributed by atoms with Crippen LogP contribution in [0.1, 0.15) is 78.6 Å². The van der Waals surface area contributed by atoms with Crippen molar-refractivity contribution in [1.82, 2.24) is 0 Å². The van der Waals surface area contributed by atoms with Crippen molar-refractivity contribution in [2.45, 2.75) is 78.6 Å². The summed E-state index contributed by atoms with van der Waals surface area (Å²) in [5.41, 5.74) is 0. The second-order valence-electron chi connectivity index (χ2n) is 6.76. The van der Waals surface area contributed by atoms with Crippen molar-refractivity contribution < 1.29 is 9.53 Å². The van der Waals surface area contributed by atoms with Crippen molar-refractivity contribution in [3.05, 3.63) is 48.6 Å². The van der Waals surface area contributed by atoms with E-state index in [4.69, 9.17) is 4.74 Å². The molecular formula is C23H38O2. The van der Waals surface area contributed by atoms with Gasteiger partial charge in [-0.25, -0.2) is 0 Å². The maximum atomic E-state index is 11.4. The average molecular weight is 347 g/mol. The Kier molecular flexibility index (Phi) is 17.6. The molecule has 0 heterocycles. The fourth-order valence-corrected chi connectivity index (χ4v) is 2.30. The van der Waals surface area contributed by atoms with Gasteiger partial charge in [0.25, 0.3) is 0 Å². The van der Waals surface area contributed by atoms with Gasteiger partial charge in [0.2, 0.25) is 0 Å². The Hall–Kier alpha value is -1.57. The normalized spacial score (nSPS) is 12.5. The van der Waals surface area contributed by atoms with E-state index in [1.54, 1.807) is 0 Å². The van der Waals surface area contributed by atoms with Crippen LogP contribution in [0.25, 0.3) is 0 Å². The highest BCUT2D eigenvalue weighted by atomic mass is 16.5. The van der Waals surface area contributed by atoms with Crippen LogP contribution in [-0.4, -0.2) is 12.6 Å². The number of unbranched alkanes of at least 4 members (excludes halogenated alkanes) is 6. The van der Waals surface area contributed by atoms with Crippen LogP contribution >= 0.6 is 0 Å². The Labute approximate surface area is 155 Å². The van der Waals surface area contributed by atoms with Gasteiger partial charge in [-0.1, -0.05) is 95.1 Å². The zero-order valence-electron chi connectivity index (χ0n) is 16.6. The van der Waals surface area contributed by atoms with E-state index in [9.17, 15) is 4.79 Å². The van der Waals surface area contributed by atoms with Crippen LogP contribution in [0.4, 0.5) is 0 Å². The van der Waals surface area contributed by atoms with Crippen molar-refractivity contribution in [2.75, 3.05) is 6.61 Å². The summed E-state index contributed by atoms with van der Waals surface area (Å²) in [5, 5.41) is 0. The molecule has 0 unspecified atom stereocenters. The van der Waals surface area contributed by atoms with E-state index < -0.39 is 0 Å². The van der Waals surface area contributed by atoms with E-state index in [1.807, 2.05) is 13.8 Å². The molecule has 0 amide bonds. The van der Waals surface area contributed by atoms with Gasteiger partial charge in [0.15, 0.2) is 0 Å². The van der Waals surface area contributed by atoms with E-state index >= 15 is 0 Å². The molecule has 0 aliphatic carbocycles. The number of hydrogen-bond acceptors (Lipinski definition) is 2. The highest BCUT2D eigenvalue weighted by Gasteiger charge is 2.04. The summed E-state index contributed by atoms with van der Waals surface area (Å²) in [6.45, 7) is 6.80. The summed E-state index contributed by atoms with van der Waals surface area (Å²) in [5.74, 6) is 0.334. The number of ether oxygens (including phenoxy) is 1. The Morgan fingerprint density at radius 2 is 1.36 bits per heavy atom. The summed E-state index contributed by atoms with van der Waals surface area (Å²) in [6.07, 6.45) is 26.8. The Morgan fingerprint density at radius 3 is 2.00 bits per heavy atom. The average Bonchev–Trinajstić information content (AvgIpc) is 2.57. The zero-order chi connectivity index (χ0) is 18.6. The number of allylic oxidation sites excluding steroid dienone is 8. The predicted molar refractivity (Wildman–Crippen MR) is 110 cm³/mol. The summed E-state index contributed by atoms with van der Waals surface area (Å²) in [6, 6.07) is 0. The van der Waals surface area contributed by atoms with Crippen molar-refractivity contribution >= 4 is 5.97 Å². The third-order valence-corrected chi connectivity index (χ3v) is 3.67. The summed E-state index contributed by atoms with van der Waals surface area (Å²) in [7, 11) is 0. The molecule has 0 N–H and O–H groups in total. The smallest absolute Gasteiger partial charge is 0.306 e. The van der Waals surface area contributed by atoms with Crippen LogP contribution in [-0.2, 0) is 9.53 Å². The highest BCUT2D eigenvalue weighted by Crippen LogP contribution is 2.08. The van der Waals surface area contributed by atoms with Crippen molar-refractivity contribution in [3.63, 3.8) is 0 Å². The van der Waals surface area contributed by atoms with Gasteiger partial charge in [-0.3, -0.25) is 4.79 Å². The lowest BCUT2D eigenvalue weighted by molar-refractivity contribution is -0.144. The van der Waals surface area contributed by atoms with Crippen LogP contribution in [0.5, 0.6) is 0 Å². The first kappa shape index (κ1) is 23.4. The van der Waals surface area contributed by atoms with Gasteiger partial charge in [-0.05, 0) is 31.6 Å². The molecule has 0 saturated heterocycles. The van der Waals surface area contributed by atoms with Crippen LogP contribution in [0.2, 0.25) is 0 Å². The molecule has 0 aromatic rings. The second-order valence-corrected chi connectivity index (χ2v) is 6.76. The molecule has 0 aliphatic heterocycles. The molecule has 0 aromatic carbocycles. The zero-order valence-corrected chi connectivity index (χ0v) is 16.6. The number of rotatable bonds is 15. The standard InChI is InChI=1S/C23H38O2/c1-4-5-6-7-8-9-10-11-12-13-14-15-16-17-18-19-20-25-23(24)21-22(2)3/h5-12,22H,4,13-21H2,1-3H3. The lowest BCUT2D eigenvalue weighted by Crippen LogP contribution is -2.08. The first-order chi connectivity index (χ1) is 12.2. The Balaban J connectivity index is 3.34. The lowest BCUT2D eigenvalue weighted by Gasteiger charge is -2.06. The fraction of sp³-hybridized carbons (Fsp3) is 0.609. The minimum atomic E-state index is -0.0521. The van der Waals surface area contributed by atoms with Gasteiger partial charge in [-0.2, -0.15) is 0 Å². The molecule has 0 atom stereocenters. The van der Waals surface area contributed by atoms with Gasteiger partial charge in [-0.15, -0.1) is 0 Å². The maximum absolute atomic E-state index is 11.4. The first-order valence-electron chi connectivity index (χ1n) is 9.97. The molecule has 25 heavy (non-hydrogen) atoms. The third kappa shape index (κ3) is 20.4. The minimum absolute atomic E-state index is 0.0521. The largest absolute Gasteiger partial charge is 0.466 e. The van der Waals surface area contributed by atoms with Crippen molar-refractivity contribution in [2.24, 2.45) is 5.92 Å². The predicted octanol–water partition coefficient (Wildman–Crippen LogP) is 6.94. The number of esters is 1. The van der Waals surface area contributed by atoms with E-state index in [-0.39, 0.29) is 5.97 Å². The number of hydrogen-bond donors (Lipinski definition) is 0. The fourth-order valence-electron chi connectivity index (χ4n) is 2.30. The van der Waals surface area contributed by atoms with Gasteiger partial charge >= 0.3 is 5.97 Å². The second kappa shape index (κ2) is 18.8. The van der Waals surface area contributed by atoms with Crippen LogP contribution in [0, 0.1) is 5.92 Å². The van der Waals surface area contributed by atoms with Crippen LogP contribution < -0.4 is 0 Å². The van der Waals surface area contributed by atoms with Crippen LogP contribution in [0.15, 0.2) is 48.6 Å². The molecule has 0 radical (unpaired) electrons. The summed E-state index contributed by atoms with van der Waals surface area (Å²) in [4.78, 5) is 11.4. The minimum Gasteiger partial charge on any atom is -0.466 e. The Morgan fingerprint density at radius 1 is 0.800 bits per heavy atom. The summed E-state index contributed by atoms with van der Waals surface area (Å²) < 4.78 is 5.21. The van der Waals surface area contributed by atoms with Crippen molar-refractivity contribution in [3.8, 4) is 0 Å². The van der Waals surface area contributed by atoms with E-state index in [0.29, 0.717) is 18.9 Å². The number of carbonyl (C=O) groups is 1. The quantitative estimate of drug-likeness (QED) is 0.182. The molecule has 142 valence electrons. The number of carbonyl (C=O) groups excluding carboxylic acids is 1. The molecule has 0 rings (SSSR count). The topological polar surface area (TPSA) is 26.3 Å². The molecular weight excluding hydrogens is 308 g/mol. The van der Waals surface area contributed by atoms with E-state index in [2.05, 4.69) is 55.5 Å². The molecule has 0 bridgehead atoms. The van der Waals surface area contributed by atoms with E-state index in [1.165, 1.54) is 25.7 Å². The van der Waals surface area contributed by atoms with Gasteiger partial charge < -0.3 is 4.74 Å². The monoisotopic (exact) mass is 346 g/mol. The molecule has 0 aromatic heterocycles. The first-order valence-corrected chi connectivity index (χ1v) is 9.97. The van der Waals surface area contributed by atoms with Gasteiger partial charge in [0, 0.05) is 6.42 Å². The Bertz CT molecular complexity index is 414. The SMILES string of the molecule is CCC=CC=CC=CC=CCCCCCCCCOC(=O)CC(C)C. The van der Waals surface area contributed by atoms with Gasteiger partial charge in [0.05, 0.1) is 6.61 Å². The molecule has 2 heteroatoms. The molecule has 0 spiro atoms. The lowest BCUT2D eigenvalue weighted by atomic mass is 10.1. The molecule has 0 fully saturated rings. The third-order valence-electron chi connectivity index (χ3n) is 3.67. The van der Waals surface area contributed by atoms with Gasteiger partial charge in [0.1, 0.15) is 0 Å². The summed E-state index contributed by atoms with van der Waals surface area (Å²) >= 11 is 0.